The molecule has 0 fully saturated rings. The first-order valence-electron chi connectivity index (χ1n) is 7.04. The van der Waals surface area contributed by atoms with E-state index in [1.54, 1.807) is 13.8 Å². The molecule has 2 aromatic rings. The zero-order chi connectivity index (χ0) is 16.8. The molecule has 0 saturated carbocycles. The quantitative estimate of drug-likeness (QED) is 0.859. The minimum atomic E-state index is -3.75. The van der Waals surface area contributed by atoms with E-state index >= 15 is 0 Å². The van der Waals surface area contributed by atoms with Crippen LogP contribution in [0.25, 0.3) is 0 Å². The van der Waals surface area contributed by atoms with Crippen molar-refractivity contribution in [3.8, 4) is 0 Å². The molecular formula is C14H16N4O4S. The summed E-state index contributed by atoms with van der Waals surface area (Å²) >= 11 is 0. The van der Waals surface area contributed by atoms with Crippen LogP contribution >= 0.6 is 0 Å². The molecule has 3 rings (SSSR count). The smallest absolute Gasteiger partial charge is 0.336 e. The Morgan fingerprint density at radius 3 is 2.74 bits per heavy atom. The van der Waals surface area contributed by atoms with E-state index in [1.807, 2.05) is 0 Å². The molecule has 0 atom stereocenters. The lowest BCUT2D eigenvalue weighted by Gasteiger charge is -2.28. The highest BCUT2D eigenvalue weighted by atomic mass is 32.2. The van der Waals surface area contributed by atoms with Crippen LogP contribution in [0, 0.1) is 13.8 Å². The Hall–Kier alpha value is -2.26. The zero-order valence-corrected chi connectivity index (χ0v) is 13.5. The predicted molar refractivity (Wildman–Crippen MR) is 80.6 cm³/mol. The number of sulfonamides is 1. The highest BCUT2D eigenvalue weighted by Gasteiger charge is 2.34. The number of fused-ring (bicyclic) bond motifs is 1. The summed E-state index contributed by atoms with van der Waals surface area (Å²) in [4.78, 5) is 15.7. The molecule has 9 heteroatoms. The molecule has 0 spiro atoms. The van der Waals surface area contributed by atoms with Crippen LogP contribution in [0.4, 0.5) is 0 Å². The van der Waals surface area contributed by atoms with Crippen molar-refractivity contribution in [1.82, 2.24) is 19.5 Å². The van der Waals surface area contributed by atoms with Gasteiger partial charge in [0.15, 0.2) is 0 Å². The summed E-state index contributed by atoms with van der Waals surface area (Å²) in [6.07, 6.45) is 1.82. The molecule has 122 valence electrons. The van der Waals surface area contributed by atoms with Gasteiger partial charge in [0.2, 0.25) is 10.0 Å². The molecule has 0 radical (unpaired) electrons. The van der Waals surface area contributed by atoms with Crippen LogP contribution in [0.15, 0.2) is 17.2 Å². The Balaban J connectivity index is 2.04. The Bertz CT molecular complexity index is 869. The number of carboxylic acid groups (broad SMARTS) is 1. The molecule has 8 nitrogen and oxygen atoms in total. The summed E-state index contributed by atoms with van der Waals surface area (Å²) in [5, 5.41) is 15.9. The first kappa shape index (κ1) is 15.6. The number of carboxylic acids is 1. The number of aromatic nitrogens is 3. The van der Waals surface area contributed by atoms with E-state index in [-0.39, 0.29) is 23.5 Å². The molecule has 0 unspecified atom stereocenters. The second-order valence-corrected chi connectivity index (χ2v) is 7.32. The van der Waals surface area contributed by atoms with E-state index in [9.17, 15) is 18.3 Å². The van der Waals surface area contributed by atoms with E-state index in [0.717, 1.165) is 0 Å². The molecule has 23 heavy (non-hydrogen) atoms. The number of aromatic carboxylic acids is 1. The maximum absolute atomic E-state index is 12.9. The van der Waals surface area contributed by atoms with Crippen molar-refractivity contribution < 1.29 is 18.3 Å². The highest BCUT2D eigenvalue weighted by Crippen LogP contribution is 2.28. The Kier molecular flexibility index (Phi) is 3.69. The predicted octanol–water partition coefficient (Wildman–Crippen LogP) is 0.867. The van der Waals surface area contributed by atoms with Crippen LogP contribution in [0.2, 0.25) is 0 Å². The summed E-state index contributed by atoms with van der Waals surface area (Å²) in [6.45, 7) is 3.53. The lowest BCUT2D eigenvalue weighted by molar-refractivity contribution is 0.0694. The third kappa shape index (κ3) is 2.51. The topological polar surface area (TPSA) is 116 Å². The minimum absolute atomic E-state index is 0.00278. The Morgan fingerprint density at radius 1 is 1.39 bits per heavy atom. The minimum Gasteiger partial charge on any atom is -0.478 e. The van der Waals surface area contributed by atoms with E-state index in [2.05, 4.69) is 15.2 Å². The van der Waals surface area contributed by atoms with Crippen LogP contribution in [0.3, 0.4) is 0 Å². The fraction of sp³-hybridized carbons (Fsp3) is 0.357. The van der Waals surface area contributed by atoms with Crippen molar-refractivity contribution in [3.05, 3.63) is 40.5 Å². The molecule has 3 heterocycles. The molecule has 1 aliphatic heterocycles. The second-order valence-electron chi connectivity index (χ2n) is 5.44. The van der Waals surface area contributed by atoms with E-state index in [4.69, 9.17) is 0 Å². The number of hydrogen-bond donors (Lipinski definition) is 2. The third-order valence-electron chi connectivity index (χ3n) is 3.97. The number of nitrogens with zero attached hydrogens (tertiary/aromatic N) is 3. The number of aryl methyl sites for hydroxylation is 2. The molecule has 0 saturated heterocycles. The maximum atomic E-state index is 12.9. The maximum Gasteiger partial charge on any atom is 0.336 e. The lowest BCUT2D eigenvalue weighted by atomic mass is 10.0. The fourth-order valence-corrected chi connectivity index (χ4v) is 4.61. The standard InChI is InChI=1S/C14H16N4O4S/c1-8-13(9(2)17-16-8)23(21,22)18-6-4-12-11(7-18)10(14(19)20)3-5-15-12/h3,5H,4,6-7H2,1-2H3,(H,16,17)(H,19,20). The summed E-state index contributed by atoms with van der Waals surface area (Å²) in [7, 11) is -3.75. The van der Waals surface area contributed by atoms with Crippen LogP contribution in [-0.2, 0) is 23.0 Å². The van der Waals surface area contributed by atoms with Crippen LogP contribution in [0.1, 0.15) is 33.0 Å². The first-order valence-corrected chi connectivity index (χ1v) is 8.48. The van der Waals surface area contributed by atoms with Crippen molar-refractivity contribution >= 4 is 16.0 Å². The number of nitrogens with one attached hydrogen (secondary N) is 1. The third-order valence-corrected chi connectivity index (χ3v) is 6.08. The monoisotopic (exact) mass is 336 g/mol. The van der Waals surface area contributed by atoms with Crippen LogP contribution < -0.4 is 0 Å². The lowest BCUT2D eigenvalue weighted by Crippen LogP contribution is -2.37. The number of carbonyl (C=O) groups is 1. The molecular weight excluding hydrogens is 320 g/mol. The fourth-order valence-electron chi connectivity index (χ4n) is 2.87. The van der Waals surface area contributed by atoms with Gasteiger partial charge in [-0.05, 0) is 19.9 Å². The van der Waals surface area contributed by atoms with Crippen molar-refractivity contribution in [2.75, 3.05) is 6.54 Å². The Morgan fingerprint density at radius 2 is 2.13 bits per heavy atom. The SMILES string of the molecule is Cc1n[nH]c(C)c1S(=O)(=O)N1CCc2nccc(C(=O)O)c2C1. The van der Waals surface area contributed by atoms with Crippen molar-refractivity contribution in [2.45, 2.75) is 31.7 Å². The van der Waals surface area contributed by atoms with Crippen molar-refractivity contribution in [2.24, 2.45) is 0 Å². The summed E-state index contributed by atoms with van der Waals surface area (Å²) in [5.74, 6) is -1.08. The Labute approximate surface area is 133 Å². The molecule has 2 N–H and O–H groups in total. The second kappa shape index (κ2) is 5.43. The molecule has 1 aliphatic rings. The summed E-state index contributed by atoms with van der Waals surface area (Å²) in [5.41, 5.74) is 2.05. The number of aromatic amines is 1. The first-order chi connectivity index (χ1) is 10.8. The van der Waals surface area contributed by atoms with Gasteiger partial charge in [0, 0.05) is 37.0 Å². The number of pyridine rings is 1. The van der Waals surface area contributed by atoms with Gasteiger partial charge in [-0.2, -0.15) is 9.40 Å². The van der Waals surface area contributed by atoms with E-state index in [0.29, 0.717) is 29.1 Å². The average molecular weight is 336 g/mol. The number of rotatable bonds is 3. The van der Waals surface area contributed by atoms with Crippen LogP contribution in [-0.4, -0.2) is 45.5 Å². The van der Waals surface area contributed by atoms with Gasteiger partial charge < -0.3 is 5.11 Å². The summed E-state index contributed by atoms with van der Waals surface area (Å²) < 4.78 is 27.0. The van der Waals surface area contributed by atoms with Gasteiger partial charge in [-0.15, -0.1) is 0 Å². The van der Waals surface area contributed by atoms with Gasteiger partial charge in [0.05, 0.1) is 17.0 Å². The van der Waals surface area contributed by atoms with Gasteiger partial charge >= 0.3 is 5.97 Å². The van der Waals surface area contributed by atoms with Gasteiger partial charge in [-0.3, -0.25) is 10.1 Å². The van der Waals surface area contributed by atoms with Crippen molar-refractivity contribution in [1.29, 1.82) is 0 Å². The van der Waals surface area contributed by atoms with Gasteiger partial charge in [0.25, 0.3) is 0 Å². The molecule has 0 aromatic carbocycles. The van der Waals surface area contributed by atoms with Crippen LogP contribution in [0.5, 0.6) is 0 Å². The van der Waals surface area contributed by atoms with Gasteiger partial charge in [-0.25, -0.2) is 13.2 Å². The number of hydrogen-bond acceptors (Lipinski definition) is 5. The molecule has 2 aromatic heterocycles. The number of H-pyrrole nitrogens is 1. The van der Waals surface area contributed by atoms with E-state index in [1.165, 1.54) is 16.6 Å². The zero-order valence-electron chi connectivity index (χ0n) is 12.7. The van der Waals surface area contributed by atoms with Gasteiger partial charge in [0.1, 0.15) is 4.90 Å². The molecule has 0 aliphatic carbocycles. The average Bonchev–Trinajstić information content (AvgIpc) is 2.85. The largest absolute Gasteiger partial charge is 0.478 e. The van der Waals surface area contributed by atoms with Gasteiger partial charge in [-0.1, -0.05) is 0 Å². The van der Waals surface area contributed by atoms with Crippen molar-refractivity contribution in [3.63, 3.8) is 0 Å². The van der Waals surface area contributed by atoms with E-state index < -0.39 is 16.0 Å². The highest BCUT2D eigenvalue weighted by molar-refractivity contribution is 7.89. The summed E-state index contributed by atoms with van der Waals surface area (Å²) in [6, 6.07) is 1.39. The normalized spacial score (nSPS) is 15.4. The molecule has 0 bridgehead atoms. The molecule has 0 amide bonds.